The van der Waals surface area contributed by atoms with Crippen molar-refractivity contribution in [2.75, 3.05) is 11.9 Å². The van der Waals surface area contributed by atoms with Gasteiger partial charge in [-0.2, -0.15) is 18.4 Å². The lowest BCUT2D eigenvalue weighted by molar-refractivity contribution is -0.140. The number of hydrogen-bond donors (Lipinski definition) is 4. The maximum atomic E-state index is 14.2. The SMILES string of the molecule is N#Cc1cncc(COc2cc(NCc3cccc(-c4ccccc4)c3C(F)(F)F)ccc2CN[C@H](CO)C(=O)O)c1. The molecule has 1 atom stereocenters. The van der Waals surface area contributed by atoms with Crippen molar-refractivity contribution in [3.05, 3.63) is 113 Å². The number of carboxylic acids is 1. The minimum atomic E-state index is -4.59. The topological polar surface area (TPSA) is 128 Å². The Labute approximate surface area is 240 Å². The summed E-state index contributed by atoms with van der Waals surface area (Å²) in [6.07, 6.45) is -1.65. The number of benzene rings is 3. The monoisotopic (exact) mass is 576 g/mol. The highest BCUT2D eigenvalue weighted by Gasteiger charge is 2.36. The van der Waals surface area contributed by atoms with Crippen LogP contribution in [0.2, 0.25) is 0 Å². The quantitative estimate of drug-likeness (QED) is 0.177. The maximum Gasteiger partial charge on any atom is 0.417 e. The molecule has 0 radical (unpaired) electrons. The molecule has 3 aromatic carbocycles. The fourth-order valence-electron chi connectivity index (χ4n) is 4.33. The number of alkyl halides is 3. The van der Waals surface area contributed by atoms with Gasteiger partial charge in [-0.05, 0) is 28.8 Å². The number of carboxylic acid groups (broad SMARTS) is 1. The number of aliphatic hydroxyl groups is 1. The molecule has 4 aromatic rings. The van der Waals surface area contributed by atoms with Crippen LogP contribution in [0.3, 0.4) is 0 Å². The summed E-state index contributed by atoms with van der Waals surface area (Å²) >= 11 is 0. The average Bonchev–Trinajstić information content (AvgIpc) is 2.99. The normalized spacial score (nSPS) is 11.9. The zero-order chi connectivity index (χ0) is 30.1. The number of aromatic nitrogens is 1. The van der Waals surface area contributed by atoms with Crippen molar-refractivity contribution in [2.45, 2.75) is 31.9 Å². The molecular weight excluding hydrogens is 549 g/mol. The molecule has 0 aliphatic heterocycles. The lowest BCUT2D eigenvalue weighted by Crippen LogP contribution is -2.39. The van der Waals surface area contributed by atoms with Crippen molar-refractivity contribution < 1.29 is 32.9 Å². The minimum Gasteiger partial charge on any atom is -0.488 e. The van der Waals surface area contributed by atoms with Crippen LogP contribution in [0.15, 0.2) is 85.2 Å². The van der Waals surface area contributed by atoms with Crippen molar-refractivity contribution in [2.24, 2.45) is 0 Å². The van der Waals surface area contributed by atoms with E-state index in [0.29, 0.717) is 33.7 Å². The molecule has 0 spiro atoms. The van der Waals surface area contributed by atoms with E-state index in [1.54, 1.807) is 60.7 Å². The summed E-state index contributed by atoms with van der Waals surface area (Å²) in [6, 6.07) is 20.1. The van der Waals surface area contributed by atoms with Gasteiger partial charge in [0.25, 0.3) is 0 Å². The first kappa shape index (κ1) is 30.0. The Kier molecular flexibility index (Phi) is 9.75. The highest BCUT2D eigenvalue weighted by atomic mass is 19.4. The van der Waals surface area contributed by atoms with Crippen LogP contribution in [0.25, 0.3) is 11.1 Å². The molecule has 0 amide bonds. The summed E-state index contributed by atoms with van der Waals surface area (Å²) in [5, 5.41) is 33.5. The van der Waals surface area contributed by atoms with Crippen LogP contribution in [-0.2, 0) is 30.7 Å². The zero-order valence-electron chi connectivity index (χ0n) is 22.2. The number of aliphatic carboxylic acids is 1. The molecule has 0 saturated heterocycles. The Morgan fingerprint density at radius 3 is 2.48 bits per heavy atom. The Balaban J connectivity index is 1.60. The van der Waals surface area contributed by atoms with Gasteiger partial charge in [-0.3, -0.25) is 15.1 Å². The summed E-state index contributed by atoms with van der Waals surface area (Å²) in [7, 11) is 0. The molecule has 1 heterocycles. The van der Waals surface area contributed by atoms with E-state index in [4.69, 9.17) is 10.00 Å². The van der Waals surface area contributed by atoms with E-state index in [1.165, 1.54) is 24.5 Å². The smallest absolute Gasteiger partial charge is 0.417 e. The van der Waals surface area contributed by atoms with E-state index in [0.717, 1.165) is 0 Å². The maximum absolute atomic E-state index is 14.2. The summed E-state index contributed by atoms with van der Waals surface area (Å²) in [5.41, 5.74) is 1.84. The van der Waals surface area contributed by atoms with Gasteiger partial charge in [-0.1, -0.05) is 54.6 Å². The number of rotatable bonds is 12. The van der Waals surface area contributed by atoms with E-state index >= 15 is 0 Å². The Hall–Kier alpha value is -4.92. The molecule has 42 heavy (non-hydrogen) atoms. The van der Waals surface area contributed by atoms with Crippen LogP contribution < -0.4 is 15.4 Å². The number of nitrogens with one attached hydrogen (secondary N) is 2. The molecule has 0 aliphatic carbocycles. The number of nitriles is 1. The molecule has 0 saturated carbocycles. The summed E-state index contributed by atoms with van der Waals surface area (Å²) < 4.78 is 48.7. The van der Waals surface area contributed by atoms with Gasteiger partial charge >= 0.3 is 12.1 Å². The molecular formula is C31H27F3N4O4. The molecule has 0 unspecified atom stereocenters. The standard InChI is InChI=1S/C31H27F3N4O4/c32-31(33,34)29-24(7-4-8-26(29)22-5-2-1-3-6-22)17-37-25-10-9-23(16-38-27(18-39)30(40)41)28(12-25)42-19-21-11-20(13-35)14-36-15-21/h1-12,14-15,27,37-39H,16-19H2,(H,40,41)/t27-/m1/s1. The second-order valence-corrected chi connectivity index (χ2v) is 9.32. The highest BCUT2D eigenvalue weighted by Crippen LogP contribution is 2.39. The van der Waals surface area contributed by atoms with Crippen LogP contribution in [0.4, 0.5) is 18.9 Å². The van der Waals surface area contributed by atoms with E-state index in [-0.39, 0.29) is 30.8 Å². The number of anilines is 1. The van der Waals surface area contributed by atoms with Crippen molar-refractivity contribution >= 4 is 11.7 Å². The van der Waals surface area contributed by atoms with Crippen LogP contribution in [0.5, 0.6) is 5.75 Å². The van der Waals surface area contributed by atoms with Crippen molar-refractivity contribution in [1.29, 1.82) is 5.26 Å². The summed E-state index contributed by atoms with van der Waals surface area (Å²) in [4.78, 5) is 15.3. The van der Waals surface area contributed by atoms with Gasteiger partial charge in [0.1, 0.15) is 24.5 Å². The summed E-state index contributed by atoms with van der Waals surface area (Å²) in [5.74, 6) is -0.901. The molecule has 0 aliphatic rings. The fourth-order valence-corrected chi connectivity index (χ4v) is 4.33. The molecule has 11 heteroatoms. The number of aliphatic hydroxyl groups excluding tert-OH is 1. The van der Waals surface area contributed by atoms with Crippen LogP contribution >= 0.6 is 0 Å². The average molecular weight is 577 g/mol. The van der Waals surface area contributed by atoms with E-state index in [9.17, 15) is 28.2 Å². The van der Waals surface area contributed by atoms with Gasteiger partial charge in [0, 0.05) is 48.4 Å². The predicted molar refractivity (Wildman–Crippen MR) is 149 cm³/mol. The minimum absolute atomic E-state index is 0.0265. The van der Waals surface area contributed by atoms with Gasteiger partial charge < -0.3 is 20.3 Å². The number of ether oxygens (including phenoxy) is 1. The van der Waals surface area contributed by atoms with Gasteiger partial charge in [-0.25, -0.2) is 0 Å². The molecule has 0 fully saturated rings. The van der Waals surface area contributed by atoms with Crippen molar-refractivity contribution in [3.63, 3.8) is 0 Å². The molecule has 4 N–H and O–H groups in total. The Bertz CT molecular complexity index is 1570. The first-order chi connectivity index (χ1) is 20.2. The molecule has 8 nitrogen and oxygen atoms in total. The molecule has 4 rings (SSSR count). The van der Waals surface area contributed by atoms with Crippen LogP contribution in [-0.4, -0.2) is 33.8 Å². The lowest BCUT2D eigenvalue weighted by atomic mass is 9.95. The van der Waals surface area contributed by atoms with E-state index < -0.39 is 30.4 Å². The molecule has 216 valence electrons. The van der Waals surface area contributed by atoms with Crippen molar-refractivity contribution in [1.82, 2.24) is 10.3 Å². The number of halogens is 3. The number of nitrogens with zero attached hydrogens (tertiary/aromatic N) is 2. The second-order valence-electron chi connectivity index (χ2n) is 9.32. The van der Waals surface area contributed by atoms with E-state index in [2.05, 4.69) is 15.6 Å². The third-order valence-electron chi connectivity index (χ3n) is 6.41. The largest absolute Gasteiger partial charge is 0.488 e. The van der Waals surface area contributed by atoms with Gasteiger partial charge in [0.15, 0.2) is 0 Å². The van der Waals surface area contributed by atoms with Crippen molar-refractivity contribution in [3.8, 4) is 22.9 Å². The van der Waals surface area contributed by atoms with Gasteiger partial charge in [-0.15, -0.1) is 0 Å². The lowest BCUT2D eigenvalue weighted by Gasteiger charge is -2.19. The summed E-state index contributed by atoms with van der Waals surface area (Å²) in [6.45, 7) is -0.701. The molecule has 1 aromatic heterocycles. The number of pyridine rings is 1. The van der Waals surface area contributed by atoms with Gasteiger partial charge in [0.2, 0.25) is 0 Å². The zero-order valence-corrected chi connectivity index (χ0v) is 22.2. The Morgan fingerprint density at radius 2 is 1.79 bits per heavy atom. The number of carbonyl (C=O) groups is 1. The molecule has 0 bridgehead atoms. The second kappa shape index (κ2) is 13.6. The third kappa shape index (κ3) is 7.63. The highest BCUT2D eigenvalue weighted by molar-refractivity contribution is 5.73. The fraction of sp³-hybridized carbons (Fsp3) is 0.194. The van der Waals surface area contributed by atoms with Gasteiger partial charge in [0.05, 0.1) is 17.7 Å². The first-order valence-corrected chi connectivity index (χ1v) is 12.8. The number of hydrogen-bond acceptors (Lipinski definition) is 7. The van der Waals surface area contributed by atoms with E-state index in [1.807, 2.05) is 6.07 Å². The predicted octanol–water partition coefficient (Wildman–Crippen LogP) is 5.37. The first-order valence-electron chi connectivity index (χ1n) is 12.8. The van der Waals surface area contributed by atoms with Crippen LogP contribution in [0.1, 0.15) is 27.8 Å². The Morgan fingerprint density at radius 1 is 1.00 bits per heavy atom. The van der Waals surface area contributed by atoms with Crippen LogP contribution in [0, 0.1) is 11.3 Å². The third-order valence-corrected chi connectivity index (χ3v) is 6.41.